The second-order valence-electron chi connectivity index (χ2n) is 5.92. The summed E-state index contributed by atoms with van der Waals surface area (Å²) in [6.07, 6.45) is 3.80. The highest BCUT2D eigenvalue weighted by molar-refractivity contribution is 9.10. The first-order valence-electron chi connectivity index (χ1n) is 8.61. The molecule has 0 aliphatic carbocycles. The van der Waals surface area contributed by atoms with E-state index in [0.29, 0.717) is 29.4 Å². The van der Waals surface area contributed by atoms with Crippen LogP contribution >= 0.6 is 27.5 Å². The van der Waals surface area contributed by atoms with Crippen molar-refractivity contribution in [1.29, 1.82) is 0 Å². The molecule has 3 aromatic rings. The normalized spacial score (nSPS) is 11.0. The van der Waals surface area contributed by atoms with E-state index >= 15 is 0 Å². The van der Waals surface area contributed by atoms with E-state index in [2.05, 4.69) is 43.2 Å². The van der Waals surface area contributed by atoms with Crippen LogP contribution in [0.4, 0.5) is 5.82 Å². The molecule has 0 aliphatic heterocycles. The van der Waals surface area contributed by atoms with Crippen molar-refractivity contribution in [2.24, 2.45) is 0 Å². The summed E-state index contributed by atoms with van der Waals surface area (Å²) < 4.78 is 13.8. The Bertz CT molecular complexity index is 947. The van der Waals surface area contributed by atoms with E-state index < -0.39 is 0 Å². The van der Waals surface area contributed by atoms with Crippen LogP contribution in [0.25, 0.3) is 11.0 Å². The second-order valence-corrected chi connectivity index (χ2v) is 7.11. The van der Waals surface area contributed by atoms with E-state index in [0.717, 1.165) is 34.9 Å². The van der Waals surface area contributed by atoms with E-state index in [1.54, 1.807) is 20.4 Å². The maximum absolute atomic E-state index is 6.08. The summed E-state index contributed by atoms with van der Waals surface area (Å²) in [5, 5.41) is 8.03. The molecule has 2 heterocycles. The standard InChI is InChI=1S/C18H21BrClN5O2/c1-4-5-8-21-17-15-13(23-18(20)24-17)9-22-25(15)10-11-14(26-2)7-6-12(19)16(11)27-3/h6-7,9H,4-5,8,10H2,1-3H3,(H,21,23,24). The van der Waals surface area contributed by atoms with Gasteiger partial charge in [0, 0.05) is 6.54 Å². The van der Waals surface area contributed by atoms with Gasteiger partial charge in [-0.2, -0.15) is 10.1 Å². The number of unbranched alkanes of at least 4 members (excludes halogenated alkanes) is 1. The SMILES string of the molecule is CCCCNc1nc(Cl)nc2cnn(Cc3c(OC)ccc(Br)c3OC)c12. The van der Waals surface area contributed by atoms with Gasteiger partial charge in [0.15, 0.2) is 5.82 Å². The molecule has 0 saturated carbocycles. The van der Waals surface area contributed by atoms with Crippen LogP contribution in [0.1, 0.15) is 25.3 Å². The fraction of sp³-hybridized carbons (Fsp3) is 0.389. The molecule has 0 radical (unpaired) electrons. The predicted octanol–water partition coefficient (Wildman–Crippen LogP) is 4.52. The summed E-state index contributed by atoms with van der Waals surface area (Å²) in [5.74, 6) is 2.09. The van der Waals surface area contributed by atoms with Crippen molar-refractivity contribution >= 4 is 44.4 Å². The number of ether oxygens (including phenoxy) is 2. The minimum absolute atomic E-state index is 0.193. The number of hydrogen-bond donors (Lipinski definition) is 1. The average Bonchev–Trinajstić information content (AvgIpc) is 3.05. The lowest BCUT2D eigenvalue weighted by Crippen LogP contribution is -2.10. The summed E-state index contributed by atoms with van der Waals surface area (Å²) in [5.41, 5.74) is 2.34. The van der Waals surface area contributed by atoms with E-state index in [-0.39, 0.29) is 5.28 Å². The molecule has 0 aliphatic rings. The molecule has 0 bridgehead atoms. The van der Waals surface area contributed by atoms with Gasteiger partial charge in [-0.05, 0) is 46.1 Å². The first kappa shape index (κ1) is 19.7. The summed E-state index contributed by atoms with van der Waals surface area (Å²) in [6.45, 7) is 3.37. The van der Waals surface area contributed by atoms with Gasteiger partial charge in [0.2, 0.25) is 5.28 Å². The summed E-state index contributed by atoms with van der Waals surface area (Å²) in [6, 6.07) is 3.78. The number of hydrogen-bond acceptors (Lipinski definition) is 6. The Hall–Kier alpha value is -2.06. The molecular weight excluding hydrogens is 434 g/mol. The summed E-state index contributed by atoms with van der Waals surface area (Å²) in [4.78, 5) is 8.65. The van der Waals surface area contributed by atoms with Gasteiger partial charge < -0.3 is 14.8 Å². The smallest absolute Gasteiger partial charge is 0.225 e. The Balaban J connectivity index is 2.07. The molecule has 9 heteroatoms. The van der Waals surface area contributed by atoms with Crippen molar-refractivity contribution in [3.63, 3.8) is 0 Å². The van der Waals surface area contributed by atoms with Gasteiger partial charge in [-0.25, -0.2) is 4.98 Å². The fourth-order valence-electron chi connectivity index (χ4n) is 2.89. The summed E-state index contributed by atoms with van der Waals surface area (Å²) in [7, 11) is 3.26. The molecule has 1 N–H and O–H groups in total. The van der Waals surface area contributed by atoms with Gasteiger partial charge in [-0.3, -0.25) is 4.68 Å². The molecule has 2 aromatic heterocycles. The number of fused-ring (bicyclic) bond motifs is 1. The quantitative estimate of drug-likeness (QED) is 0.398. The van der Waals surface area contributed by atoms with E-state index in [9.17, 15) is 0 Å². The largest absolute Gasteiger partial charge is 0.496 e. The van der Waals surface area contributed by atoms with Crippen LogP contribution in [-0.4, -0.2) is 40.5 Å². The number of halogens is 2. The lowest BCUT2D eigenvalue weighted by atomic mass is 10.1. The first-order valence-corrected chi connectivity index (χ1v) is 9.78. The van der Waals surface area contributed by atoms with Crippen LogP contribution in [0.5, 0.6) is 11.5 Å². The number of anilines is 1. The van der Waals surface area contributed by atoms with Crippen LogP contribution in [-0.2, 0) is 6.54 Å². The van der Waals surface area contributed by atoms with Crippen molar-refractivity contribution in [2.45, 2.75) is 26.3 Å². The number of methoxy groups -OCH3 is 2. The predicted molar refractivity (Wildman–Crippen MR) is 110 cm³/mol. The first-order chi connectivity index (χ1) is 13.1. The van der Waals surface area contributed by atoms with Crippen molar-refractivity contribution in [3.8, 4) is 11.5 Å². The monoisotopic (exact) mass is 453 g/mol. The van der Waals surface area contributed by atoms with Crippen LogP contribution in [0.3, 0.4) is 0 Å². The summed E-state index contributed by atoms with van der Waals surface area (Å²) >= 11 is 9.60. The van der Waals surface area contributed by atoms with Gasteiger partial charge in [0.05, 0.1) is 37.0 Å². The van der Waals surface area contributed by atoms with Gasteiger partial charge in [0.1, 0.15) is 22.5 Å². The number of rotatable bonds is 8. The van der Waals surface area contributed by atoms with Crippen molar-refractivity contribution in [2.75, 3.05) is 26.1 Å². The molecule has 0 spiro atoms. The Morgan fingerprint density at radius 3 is 2.74 bits per heavy atom. The highest BCUT2D eigenvalue weighted by atomic mass is 79.9. The third kappa shape index (κ3) is 4.11. The Morgan fingerprint density at radius 2 is 2.04 bits per heavy atom. The minimum Gasteiger partial charge on any atom is -0.496 e. The molecule has 27 heavy (non-hydrogen) atoms. The lowest BCUT2D eigenvalue weighted by Gasteiger charge is -2.16. The third-order valence-electron chi connectivity index (χ3n) is 4.19. The Morgan fingerprint density at radius 1 is 1.22 bits per heavy atom. The highest BCUT2D eigenvalue weighted by Gasteiger charge is 2.18. The molecule has 0 fully saturated rings. The number of benzene rings is 1. The van der Waals surface area contributed by atoms with E-state index in [1.807, 2.05) is 16.8 Å². The van der Waals surface area contributed by atoms with E-state index in [1.165, 1.54) is 0 Å². The maximum atomic E-state index is 6.08. The molecule has 0 atom stereocenters. The molecule has 0 unspecified atom stereocenters. The number of nitrogens with one attached hydrogen (secondary N) is 1. The molecule has 144 valence electrons. The average molecular weight is 455 g/mol. The maximum Gasteiger partial charge on any atom is 0.225 e. The van der Waals surface area contributed by atoms with Gasteiger partial charge in [-0.1, -0.05) is 13.3 Å². The van der Waals surface area contributed by atoms with Crippen molar-refractivity contribution in [3.05, 3.63) is 33.6 Å². The Kier molecular flexibility index (Phi) is 6.38. The van der Waals surface area contributed by atoms with Crippen LogP contribution in [0, 0.1) is 0 Å². The van der Waals surface area contributed by atoms with Gasteiger partial charge in [0.25, 0.3) is 0 Å². The second kappa shape index (κ2) is 8.75. The lowest BCUT2D eigenvalue weighted by molar-refractivity contribution is 0.380. The van der Waals surface area contributed by atoms with E-state index in [4.69, 9.17) is 21.1 Å². The Labute approximate surface area is 171 Å². The zero-order valence-electron chi connectivity index (χ0n) is 15.4. The molecule has 0 amide bonds. The topological polar surface area (TPSA) is 74.1 Å². The van der Waals surface area contributed by atoms with Crippen molar-refractivity contribution < 1.29 is 9.47 Å². The van der Waals surface area contributed by atoms with Gasteiger partial charge in [-0.15, -0.1) is 0 Å². The molecule has 0 saturated heterocycles. The molecule has 1 aromatic carbocycles. The van der Waals surface area contributed by atoms with Crippen molar-refractivity contribution in [1.82, 2.24) is 19.7 Å². The number of aromatic nitrogens is 4. The van der Waals surface area contributed by atoms with Crippen LogP contribution in [0.15, 0.2) is 22.8 Å². The fourth-order valence-corrected chi connectivity index (χ4v) is 3.60. The zero-order valence-corrected chi connectivity index (χ0v) is 17.8. The minimum atomic E-state index is 0.193. The highest BCUT2D eigenvalue weighted by Crippen LogP contribution is 2.37. The third-order valence-corrected chi connectivity index (χ3v) is 4.98. The molecule has 7 nitrogen and oxygen atoms in total. The number of nitrogens with zero attached hydrogens (tertiary/aromatic N) is 4. The molecular formula is C18H21BrClN5O2. The van der Waals surface area contributed by atoms with Gasteiger partial charge >= 0.3 is 0 Å². The molecule has 3 rings (SSSR count). The van der Waals surface area contributed by atoms with Crippen LogP contribution < -0.4 is 14.8 Å². The zero-order chi connectivity index (χ0) is 19.4. The van der Waals surface area contributed by atoms with Crippen LogP contribution in [0.2, 0.25) is 5.28 Å².